The minimum Gasteiger partial charge on any atom is -0.467 e. The maximum absolute atomic E-state index is 11.9. The summed E-state index contributed by atoms with van der Waals surface area (Å²) in [4.78, 5) is 35.7. The monoisotopic (exact) mass is 328 g/mol. The van der Waals surface area contributed by atoms with Crippen molar-refractivity contribution in [3.8, 4) is 0 Å². The predicted octanol–water partition coefficient (Wildman–Crippen LogP) is 1.60. The normalized spacial score (nSPS) is 12.2. The molecule has 0 fully saturated rings. The highest BCUT2D eigenvalue weighted by atomic mass is 32.1. The van der Waals surface area contributed by atoms with Crippen LogP contribution in [0.25, 0.3) is 0 Å². The molecule has 22 heavy (non-hydrogen) atoms. The highest BCUT2D eigenvalue weighted by Gasteiger charge is 2.25. The van der Waals surface area contributed by atoms with Gasteiger partial charge in [0.2, 0.25) is 5.91 Å². The van der Waals surface area contributed by atoms with Crippen molar-refractivity contribution in [1.29, 1.82) is 0 Å². The number of hydrogen-bond acceptors (Lipinski definition) is 6. The van der Waals surface area contributed by atoms with E-state index in [0.29, 0.717) is 4.88 Å². The van der Waals surface area contributed by atoms with Gasteiger partial charge in [-0.2, -0.15) is 0 Å². The first kappa shape index (κ1) is 18.0. The number of carbonyl (C=O) groups is 3. The van der Waals surface area contributed by atoms with Crippen molar-refractivity contribution in [2.24, 2.45) is 0 Å². The third-order valence-electron chi connectivity index (χ3n) is 2.36. The van der Waals surface area contributed by atoms with Gasteiger partial charge in [-0.3, -0.25) is 4.79 Å². The summed E-state index contributed by atoms with van der Waals surface area (Å²) in [5, 5.41) is 6.63. The number of amides is 2. The van der Waals surface area contributed by atoms with Crippen LogP contribution in [0.4, 0.5) is 4.79 Å². The van der Waals surface area contributed by atoms with Crippen LogP contribution >= 0.6 is 11.3 Å². The molecule has 1 unspecified atom stereocenters. The summed E-state index contributed by atoms with van der Waals surface area (Å²) in [6, 6.07) is 2.59. The molecule has 1 atom stereocenters. The Bertz CT molecular complexity index is 522. The van der Waals surface area contributed by atoms with Gasteiger partial charge < -0.3 is 20.1 Å². The van der Waals surface area contributed by atoms with Gasteiger partial charge in [-0.1, -0.05) is 6.07 Å². The third-order valence-corrected chi connectivity index (χ3v) is 3.30. The maximum Gasteiger partial charge on any atom is 0.408 e. The van der Waals surface area contributed by atoms with E-state index in [2.05, 4.69) is 15.4 Å². The zero-order chi connectivity index (χ0) is 16.8. The molecule has 0 spiro atoms. The van der Waals surface area contributed by atoms with E-state index in [4.69, 9.17) is 4.74 Å². The number of methoxy groups -OCH3 is 1. The fraction of sp³-hybridized carbons (Fsp3) is 0.500. The number of hydrogen-bond donors (Lipinski definition) is 2. The van der Waals surface area contributed by atoms with Crippen molar-refractivity contribution in [3.05, 3.63) is 22.4 Å². The van der Waals surface area contributed by atoms with Gasteiger partial charge in [0.25, 0.3) is 0 Å². The van der Waals surface area contributed by atoms with Gasteiger partial charge in [-0.25, -0.2) is 9.59 Å². The van der Waals surface area contributed by atoms with Gasteiger partial charge in [0.15, 0.2) is 6.04 Å². The number of thiophene rings is 1. The Labute approximate surface area is 133 Å². The van der Waals surface area contributed by atoms with Crippen LogP contribution in [0, 0.1) is 0 Å². The van der Waals surface area contributed by atoms with Crippen LogP contribution in [-0.4, -0.2) is 37.2 Å². The molecule has 1 heterocycles. The first-order valence-electron chi connectivity index (χ1n) is 6.60. The van der Waals surface area contributed by atoms with Crippen molar-refractivity contribution in [3.63, 3.8) is 0 Å². The van der Waals surface area contributed by atoms with Gasteiger partial charge in [0, 0.05) is 4.88 Å². The smallest absolute Gasteiger partial charge is 0.408 e. The first-order chi connectivity index (χ1) is 10.2. The van der Waals surface area contributed by atoms with E-state index < -0.39 is 29.6 Å². The Balaban J connectivity index is 2.54. The van der Waals surface area contributed by atoms with Crippen molar-refractivity contribution >= 4 is 29.3 Å². The van der Waals surface area contributed by atoms with Crippen LogP contribution in [0.3, 0.4) is 0 Å². The molecule has 122 valence electrons. The average molecular weight is 328 g/mol. The molecule has 8 heteroatoms. The lowest BCUT2D eigenvalue weighted by Crippen LogP contribution is -2.42. The second kappa shape index (κ2) is 7.79. The molecule has 0 aliphatic heterocycles. The number of nitrogens with one attached hydrogen (secondary N) is 2. The van der Waals surface area contributed by atoms with Crippen LogP contribution in [0.15, 0.2) is 17.5 Å². The fourth-order valence-corrected chi connectivity index (χ4v) is 2.26. The number of alkyl carbamates (subject to hydrolysis) is 1. The van der Waals surface area contributed by atoms with Crippen LogP contribution in [0.5, 0.6) is 0 Å². The lowest BCUT2D eigenvalue weighted by Gasteiger charge is -2.20. The molecule has 1 aromatic rings. The minimum absolute atomic E-state index is 0.298. The highest BCUT2D eigenvalue weighted by Crippen LogP contribution is 2.20. The molecule has 0 aromatic carbocycles. The van der Waals surface area contributed by atoms with E-state index >= 15 is 0 Å². The molecule has 0 saturated heterocycles. The molecular weight excluding hydrogens is 308 g/mol. The van der Waals surface area contributed by atoms with Crippen molar-refractivity contribution in [2.75, 3.05) is 13.7 Å². The molecule has 7 nitrogen and oxygen atoms in total. The maximum atomic E-state index is 11.9. The van der Waals surface area contributed by atoms with Crippen molar-refractivity contribution < 1.29 is 23.9 Å². The van der Waals surface area contributed by atoms with Crippen LogP contribution < -0.4 is 10.6 Å². The molecule has 2 N–H and O–H groups in total. The summed E-state index contributed by atoms with van der Waals surface area (Å²) in [6.07, 6.45) is -0.701. The SMILES string of the molecule is COC(=O)C(NC(=O)CNC(=O)OC(C)(C)C)c1cccs1. The Morgan fingerprint density at radius 2 is 2.00 bits per heavy atom. The van der Waals surface area contributed by atoms with Gasteiger partial charge in [-0.15, -0.1) is 11.3 Å². The molecule has 0 radical (unpaired) electrons. The standard InChI is InChI=1S/C14H20N2O5S/c1-14(2,3)21-13(19)15-8-10(17)16-11(12(18)20-4)9-6-5-7-22-9/h5-7,11H,8H2,1-4H3,(H,15,19)(H,16,17). The van der Waals surface area contributed by atoms with Crippen LogP contribution in [-0.2, 0) is 19.1 Å². The predicted molar refractivity (Wildman–Crippen MR) is 81.5 cm³/mol. The molecular formula is C14H20N2O5S. The molecule has 0 saturated carbocycles. The largest absolute Gasteiger partial charge is 0.467 e. The topological polar surface area (TPSA) is 93.7 Å². The summed E-state index contributed by atoms with van der Waals surface area (Å²) in [7, 11) is 1.24. The molecule has 1 rings (SSSR count). The minimum atomic E-state index is -0.891. The Kier molecular flexibility index (Phi) is 6.36. The van der Waals surface area contributed by atoms with Gasteiger partial charge in [0.05, 0.1) is 7.11 Å². The molecule has 0 bridgehead atoms. The number of ether oxygens (including phenoxy) is 2. The summed E-state index contributed by atoms with van der Waals surface area (Å²) in [6.45, 7) is 4.86. The molecule has 1 aromatic heterocycles. The van der Waals surface area contributed by atoms with Gasteiger partial charge in [-0.05, 0) is 32.2 Å². The number of rotatable bonds is 5. The second-order valence-corrected chi connectivity index (χ2v) is 6.37. The fourth-order valence-electron chi connectivity index (χ4n) is 1.50. The van der Waals surface area contributed by atoms with Gasteiger partial charge >= 0.3 is 12.1 Å². The van der Waals surface area contributed by atoms with E-state index in [9.17, 15) is 14.4 Å². The van der Waals surface area contributed by atoms with Crippen LogP contribution in [0.2, 0.25) is 0 Å². The van der Waals surface area contributed by atoms with Gasteiger partial charge in [0.1, 0.15) is 12.1 Å². The number of esters is 1. The molecule has 0 aliphatic carbocycles. The molecule has 2 amide bonds. The molecule has 0 aliphatic rings. The van der Waals surface area contributed by atoms with E-state index in [1.165, 1.54) is 18.4 Å². The highest BCUT2D eigenvalue weighted by molar-refractivity contribution is 7.10. The Morgan fingerprint density at radius 1 is 1.32 bits per heavy atom. The first-order valence-corrected chi connectivity index (χ1v) is 7.48. The summed E-state index contributed by atoms with van der Waals surface area (Å²) in [5.41, 5.74) is -0.647. The Hall–Kier alpha value is -2.09. The zero-order valence-electron chi connectivity index (χ0n) is 13.0. The average Bonchev–Trinajstić information content (AvgIpc) is 2.93. The lowest BCUT2D eigenvalue weighted by atomic mass is 10.2. The third kappa shape index (κ3) is 6.13. The van der Waals surface area contributed by atoms with E-state index in [0.717, 1.165) is 0 Å². The Morgan fingerprint density at radius 3 is 2.50 bits per heavy atom. The summed E-state index contributed by atoms with van der Waals surface area (Å²) < 4.78 is 9.68. The van der Waals surface area contributed by atoms with Crippen LogP contribution in [0.1, 0.15) is 31.7 Å². The van der Waals surface area contributed by atoms with Crippen molar-refractivity contribution in [2.45, 2.75) is 32.4 Å². The van der Waals surface area contributed by atoms with E-state index in [-0.39, 0.29) is 6.54 Å². The van der Waals surface area contributed by atoms with E-state index in [1.54, 1.807) is 38.3 Å². The number of carbonyl (C=O) groups excluding carboxylic acids is 3. The zero-order valence-corrected chi connectivity index (χ0v) is 13.8. The lowest BCUT2D eigenvalue weighted by molar-refractivity contribution is -0.145. The quantitative estimate of drug-likeness (QED) is 0.801. The van der Waals surface area contributed by atoms with E-state index in [1.807, 2.05) is 0 Å². The second-order valence-electron chi connectivity index (χ2n) is 5.39. The summed E-state index contributed by atoms with van der Waals surface area (Å²) in [5.74, 6) is -1.09. The summed E-state index contributed by atoms with van der Waals surface area (Å²) >= 11 is 1.32. The van der Waals surface area contributed by atoms with Crippen molar-refractivity contribution in [1.82, 2.24) is 10.6 Å².